The second-order valence-electron chi connectivity index (χ2n) is 4.76. The number of amides is 1. The Morgan fingerprint density at radius 3 is 2.68 bits per heavy atom. The summed E-state index contributed by atoms with van der Waals surface area (Å²) < 4.78 is 1.99. The fourth-order valence-corrected chi connectivity index (χ4v) is 2.31. The van der Waals surface area contributed by atoms with E-state index in [1.54, 1.807) is 17.4 Å². The average Bonchev–Trinajstić information content (AvgIpc) is 3.00. The van der Waals surface area contributed by atoms with Crippen molar-refractivity contribution in [3.8, 4) is 0 Å². The second-order valence-corrected chi connectivity index (χ2v) is 4.76. The molecule has 0 bridgehead atoms. The summed E-state index contributed by atoms with van der Waals surface area (Å²) in [5.74, 6) is -0.0186. The van der Waals surface area contributed by atoms with Crippen LogP contribution >= 0.6 is 0 Å². The summed E-state index contributed by atoms with van der Waals surface area (Å²) in [7, 11) is 0. The Kier molecular flexibility index (Phi) is 3.05. The van der Waals surface area contributed by atoms with Gasteiger partial charge in [0.05, 0.1) is 25.4 Å². The highest BCUT2D eigenvalue weighted by molar-refractivity contribution is 5.96. The molecule has 1 unspecified atom stereocenters. The second kappa shape index (κ2) is 4.85. The van der Waals surface area contributed by atoms with Crippen LogP contribution in [-0.2, 0) is 11.3 Å². The first-order valence-electron chi connectivity index (χ1n) is 6.25. The Hall–Kier alpha value is -2.14. The van der Waals surface area contributed by atoms with Gasteiger partial charge in [-0.3, -0.25) is 4.79 Å². The lowest BCUT2D eigenvalue weighted by molar-refractivity contribution is -0.117. The van der Waals surface area contributed by atoms with E-state index in [1.807, 2.05) is 35.0 Å². The van der Waals surface area contributed by atoms with Crippen LogP contribution in [0.4, 0.5) is 5.69 Å². The number of β-amino-alcohol motifs (C(OH)–C–C–N with tert-alkyl or cyclic N) is 1. The van der Waals surface area contributed by atoms with Gasteiger partial charge in [-0.2, -0.15) is 0 Å². The van der Waals surface area contributed by atoms with Crippen molar-refractivity contribution in [1.29, 1.82) is 0 Å². The first-order chi connectivity index (χ1) is 9.22. The normalized spacial score (nSPS) is 19.1. The predicted molar refractivity (Wildman–Crippen MR) is 70.7 cm³/mol. The highest BCUT2D eigenvalue weighted by atomic mass is 16.3. The molecule has 1 aromatic heterocycles. The lowest BCUT2D eigenvalue weighted by Gasteiger charge is -2.16. The monoisotopic (exact) mass is 257 g/mol. The number of rotatable bonds is 3. The zero-order valence-corrected chi connectivity index (χ0v) is 10.4. The minimum Gasteiger partial charge on any atom is -0.391 e. The van der Waals surface area contributed by atoms with Crippen molar-refractivity contribution < 1.29 is 9.90 Å². The molecule has 2 heterocycles. The Balaban J connectivity index is 1.74. The van der Waals surface area contributed by atoms with Crippen molar-refractivity contribution in [3.63, 3.8) is 0 Å². The maximum atomic E-state index is 11.7. The number of carbonyl (C=O) groups is 1. The van der Waals surface area contributed by atoms with E-state index in [0.717, 1.165) is 17.8 Å². The van der Waals surface area contributed by atoms with E-state index >= 15 is 0 Å². The molecule has 1 fully saturated rings. The number of imidazole rings is 1. The van der Waals surface area contributed by atoms with E-state index in [1.165, 1.54) is 0 Å². The summed E-state index contributed by atoms with van der Waals surface area (Å²) in [5, 5.41) is 9.48. The van der Waals surface area contributed by atoms with E-state index in [-0.39, 0.29) is 12.3 Å². The lowest BCUT2D eigenvalue weighted by atomic mass is 10.2. The van der Waals surface area contributed by atoms with Crippen molar-refractivity contribution in [2.45, 2.75) is 19.1 Å². The van der Waals surface area contributed by atoms with Crippen LogP contribution in [0.1, 0.15) is 12.0 Å². The van der Waals surface area contributed by atoms with Crippen LogP contribution in [0.25, 0.3) is 0 Å². The van der Waals surface area contributed by atoms with Gasteiger partial charge in [-0.05, 0) is 17.7 Å². The number of anilines is 1. The van der Waals surface area contributed by atoms with Crippen molar-refractivity contribution in [3.05, 3.63) is 48.5 Å². The molecule has 0 saturated carbocycles. The van der Waals surface area contributed by atoms with Crippen molar-refractivity contribution in [2.24, 2.45) is 0 Å². The standard InChI is InChI=1S/C14H15N3O2/c18-13-7-14(19)17(9-13)12-3-1-11(2-4-12)8-16-6-5-15-10-16/h1-6,10,13,18H,7-9H2. The number of hydrogen-bond acceptors (Lipinski definition) is 3. The average molecular weight is 257 g/mol. The molecule has 3 rings (SSSR count). The Labute approximate surface area is 111 Å². The maximum Gasteiger partial charge on any atom is 0.229 e. The first-order valence-corrected chi connectivity index (χ1v) is 6.25. The Morgan fingerprint density at radius 1 is 1.32 bits per heavy atom. The van der Waals surface area contributed by atoms with Crippen LogP contribution in [0.3, 0.4) is 0 Å². The van der Waals surface area contributed by atoms with Gasteiger partial charge < -0.3 is 14.6 Å². The highest BCUT2D eigenvalue weighted by Gasteiger charge is 2.28. The SMILES string of the molecule is O=C1CC(O)CN1c1ccc(Cn2ccnc2)cc1. The molecule has 5 nitrogen and oxygen atoms in total. The molecule has 1 saturated heterocycles. The van der Waals surface area contributed by atoms with Gasteiger partial charge in [-0.1, -0.05) is 12.1 Å². The third-order valence-electron chi connectivity index (χ3n) is 3.28. The maximum absolute atomic E-state index is 11.7. The van der Waals surface area contributed by atoms with E-state index in [4.69, 9.17) is 0 Å². The quantitative estimate of drug-likeness (QED) is 0.893. The molecule has 1 aliphatic rings. The zero-order valence-electron chi connectivity index (χ0n) is 10.4. The molecular formula is C14H15N3O2. The van der Waals surface area contributed by atoms with Crippen LogP contribution in [0, 0.1) is 0 Å². The summed E-state index contributed by atoms with van der Waals surface area (Å²) in [5.41, 5.74) is 1.99. The molecule has 0 aliphatic carbocycles. The van der Waals surface area contributed by atoms with Crippen molar-refractivity contribution in [1.82, 2.24) is 9.55 Å². The number of carbonyl (C=O) groups excluding carboxylic acids is 1. The predicted octanol–water partition coefficient (Wildman–Crippen LogP) is 1.03. The molecular weight excluding hydrogens is 242 g/mol. The molecule has 1 amide bonds. The summed E-state index contributed by atoms with van der Waals surface area (Å²) in [4.78, 5) is 17.3. The third kappa shape index (κ3) is 2.51. The largest absolute Gasteiger partial charge is 0.391 e. The van der Waals surface area contributed by atoms with E-state index in [2.05, 4.69) is 4.98 Å². The van der Waals surface area contributed by atoms with E-state index in [9.17, 15) is 9.90 Å². The van der Waals surface area contributed by atoms with E-state index < -0.39 is 6.10 Å². The summed E-state index contributed by atoms with van der Waals surface area (Å²) in [6.07, 6.45) is 5.11. The molecule has 1 aromatic carbocycles. The van der Waals surface area contributed by atoms with Gasteiger partial charge in [0.25, 0.3) is 0 Å². The zero-order chi connectivity index (χ0) is 13.2. The van der Waals surface area contributed by atoms with Gasteiger partial charge >= 0.3 is 0 Å². The van der Waals surface area contributed by atoms with Crippen LogP contribution in [-0.4, -0.2) is 33.2 Å². The summed E-state index contributed by atoms with van der Waals surface area (Å²) in [6, 6.07) is 7.82. The highest BCUT2D eigenvalue weighted by Crippen LogP contribution is 2.22. The van der Waals surface area contributed by atoms with Gasteiger partial charge in [-0.25, -0.2) is 4.98 Å². The first kappa shape index (κ1) is 11.9. The number of aliphatic hydroxyl groups excluding tert-OH is 1. The molecule has 5 heteroatoms. The molecule has 2 aromatic rings. The Bertz CT molecular complexity index is 563. The van der Waals surface area contributed by atoms with E-state index in [0.29, 0.717) is 6.54 Å². The van der Waals surface area contributed by atoms with Crippen LogP contribution < -0.4 is 4.90 Å². The molecule has 0 radical (unpaired) electrons. The summed E-state index contributed by atoms with van der Waals surface area (Å²) in [6.45, 7) is 1.15. The number of aromatic nitrogens is 2. The molecule has 98 valence electrons. The fourth-order valence-electron chi connectivity index (χ4n) is 2.31. The number of nitrogens with zero attached hydrogens (tertiary/aromatic N) is 3. The van der Waals surface area contributed by atoms with Gasteiger partial charge in [0.1, 0.15) is 0 Å². The molecule has 1 atom stereocenters. The van der Waals surface area contributed by atoms with Crippen LogP contribution in [0.15, 0.2) is 43.0 Å². The number of aliphatic hydroxyl groups is 1. The van der Waals surface area contributed by atoms with Crippen molar-refractivity contribution in [2.75, 3.05) is 11.4 Å². The third-order valence-corrected chi connectivity index (χ3v) is 3.28. The summed E-state index contributed by atoms with van der Waals surface area (Å²) >= 11 is 0. The van der Waals surface area contributed by atoms with Crippen LogP contribution in [0.2, 0.25) is 0 Å². The van der Waals surface area contributed by atoms with Crippen LogP contribution in [0.5, 0.6) is 0 Å². The van der Waals surface area contributed by atoms with Crippen molar-refractivity contribution >= 4 is 11.6 Å². The van der Waals surface area contributed by atoms with Gasteiger partial charge in [-0.15, -0.1) is 0 Å². The fraction of sp³-hybridized carbons (Fsp3) is 0.286. The topological polar surface area (TPSA) is 58.4 Å². The number of hydrogen-bond donors (Lipinski definition) is 1. The molecule has 1 N–H and O–H groups in total. The van der Waals surface area contributed by atoms with Gasteiger partial charge in [0.2, 0.25) is 5.91 Å². The van der Waals surface area contributed by atoms with Gasteiger partial charge in [0, 0.05) is 24.6 Å². The smallest absolute Gasteiger partial charge is 0.229 e. The molecule has 1 aliphatic heterocycles. The molecule has 0 spiro atoms. The Morgan fingerprint density at radius 2 is 2.11 bits per heavy atom. The minimum atomic E-state index is -0.543. The lowest BCUT2D eigenvalue weighted by Crippen LogP contribution is -2.25. The van der Waals surface area contributed by atoms with Gasteiger partial charge in [0.15, 0.2) is 0 Å². The number of benzene rings is 1. The molecule has 19 heavy (non-hydrogen) atoms. The minimum absolute atomic E-state index is 0.0186.